The van der Waals surface area contributed by atoms with Crippen molar-refractivity contribution in [2.24, 2.45) is 33.8 Å². The van der Waals surface area contributed by atoms with Gasteiger partial charge in [-0.1, -0.05) is 89.6 Å². The molecule has 39 heteroatoms. The summed E-state index contributed by atoms with van der Waals surface area (Å²) in [6.45, 7) is 14.4. The number of anilines is 1. The minimum atomic E-state index is -4.56. The number of allylic oxidation sites excluding steroid dienone is 6. The van der Waals surface area contributed by atoms with Crippen molar-refractivity contribution in [3.63, 3.8) is 0 Å². The van der Waals surface area contributed by atoms with E-state index in [1.165, 1.54) is 31.2 Å². The third kappa shape index (κ3) is 30.5. The van der Waals surface area contributed by atoms with Crippen molar-refractivity contribution < 1.29 is 78.6 Å². The molecule has 9 amide bonds. The highest BCUT2D eigenvalue weighted by Gasteiger charge is 2.42. The summed E-state index contributed by atoms with van der Waals surface area (Å²) in [7, 11) is -9.04. The third-order valence-electron chi connectivity index (χ3n) is 19.4. The lowest BCUT2D eigenvalue weighted by Crippen LogP contribution is -2.58. The first-order valence-electron chi connectivity index (χ1n) is 38.1. The molecule has 0 bridgehead atoms. The van der Waals surface area contributed by atoms with E-state index >= 15 is 0 Å². The van der Waals surface area contributed by atoms with Crippen LogP contribution in [0.5, 0.6) is 0 Å². The van der Waals surface area contributed by atoms with E-state index in [2.05, 4.69) is 52.8 Å². The van der Waals surface area contributed by atoms with Crippen molar-refractivity contribution in [2.45, 2.75) is 182 Å². The minimum Gasteiger partial charge on any atom is -0.370 e. The Morgan fingerprint density at radius 2 is 1.24 bits per heavy atom. The lowest BCUT2D eigenvalue weighted by atomic mass is 9.77. The Kier molecular flexibility index (Phi) is 37.7. The largest absolute Gasteiger partial charge is 0.370 e. The Labute approximate surface area is 681 Å². The molecule has 0 aliphatic carbocycles. The minimum absolute atomic E-state index is 0.00144. The number of amides is 9. The van der Waals surface area contributed by atoms with Gasteiger partial charge in [-0.15, -0.1) is 11.8 Å². The van der Waals surface area contributed by atoms with Crippen LogP contribution in [0.25, 0.3) is 0 Å². The summed E-state index contributed by atoms with van der Waals surface area (Å²) in [6.07, 6.45) is 11.5. The van der Waals surface area contributed by atoms with Gasteiger partial charge in [0.15, 0.2) is 23.7 Å². The Bertz CT molecular complexity index is 4420. The Hall–Kier alpha value is -10.6. The molecule has 6 atom stereocenters. The SMILES string of the molecule is CC\N=C(/C=C/C=C/C=C1/N(CCCCCC(=O)NCCN2C(=O)CC(SC[C@@H](NC(=O)[C@@H](CCCNC(=N)N)NC(=O)[C@@H](CCCNC(=N)N)NC(=O)[C@H](C)CCCNC(=N)N)C(=O)NCCOCC(=O)N[C@@H](Cc3ccc(C(C)=O)cc3)C(N)=O)C2=O)c2ccc(S(=O)(=O)O)cc2C1(C)C)C(C)(C)c1cc(S(=O)(=O)O)ccc1C. The first kappa shape index (κ1) is 96.0. The zero-order chi connectivity index (χ0) is 86.3. The van der Waals surface area contributed by atoms with Crippen LogP contribution < -0.4 is 75.7 Å². The second kappa shape index (κ2) is 45.6. The van der Waals surface area contributed by atoms with Crippen molar-refractivity contribution in [1.82, 2.24) is 52.8 Å². The lowest BCUT2D eigenvalue weighted by Gasteiger charge is -2.28. The van der Waals surface area contributed by atoms with E-state index in [9.17, 15) is 73.9 Å². The normalized spacial score (nSPS) is 15.9. The van der Waals surface area contributed by atoms with Gasteiger partial charge in [0.2, 0.25) is 53.2 Å². The number of aliphatic imine (C=N–C) groups is 1. The van der Waals surface area contributed by atoms with Gasteiger partial charge in [0.1, 0.15) is 30.8 Å². The predicted octanol–water partition coefficient (Wildman–Crippen LogP) is 1.99. The van der Waals surface area contributed by atoms with Gasteiger partial charge >= 0.3 is 0 Å². The maximum atomic E-state index is 14.6. The van der Waals surface area contributed by atoms with Crippen molar-refractivity contribution in [1.29, 1.82) is 16.2 Å². The number of rotatable bonds is 49. The Morgan fingerprint density at radius 1 is 0.664 bits per heavy atom. The van der Waals surface area contributed by atoms with Crippen molar-refractivity contribution >= 4 is 120 Å². The number of ether oxygens (including phenoxy) is 1. The fourth-order valence-corrected chi connectivity index (χ4v) is 15.2. The lowest BCUT2D eigenvalue weighted by molar-refractivity contribution is -0.138. The fraction of sp³-hybridized carbons (Fsp3) is 0.506. The second-order valence-corrected chi connectivity index (χ2v) is 33.2. The van der Waals surface area contributed by atoms with Gasteiger partial charge in [0.25, 0.3) is 20.2 Å². The molecule has 22 N–H and O–H groups in total. The number of imide groups is 1. The average molecular weight is 1670 g/mol. The molecular formula is C77H113N19O17S3. The van der Waals surface area contributed by atoms with Crippen molar-refractivity contribution in [3.05, 3.63) is 125 Å². The monoisotopic (exact) mass is 1670 g/mol. The summed E-state index contributed by atoms with van der Waals surface area (Å²) in [5.41, 5.74) is 25.8. The van der Waals surface area contributed by atoms with E-state index in [4.69, 9.17) is 48.9 Å². The average Bonchev–Trinajstić information content (AvgIpc) is 1.58. The zero-order valence-electron chi connectivity index (χ0n) is 66.8. The second-order valence-electron chi connectivity index (χ2n) is 29.1. The predicted molar refractivity (Wildman–Crippen MR) is 442 cm³/mol. The molecule has 1 saturated heterocycles. The number of unbranched alkanes of at least 4 members (excludes halogenated alkanes) is 2. The molecule has 0 aromatic heterocycles. The van der Waals surface area contributed by atoms with Crippen LogP contribution in [-0.2, 0) is 85.4 Å². The number of hydrogen-bond acceptors (Lipinski definition) is 21. The number of guanidine groups is 3. The molecule has 3 aromatic rings. The van der Waals surface area contributed by atoms with Crippen LogP contribution in [0.3, 0.4) is 0 Å². The molecule has 636 valence electrons. The van der Waals surface area contributed by atoms with Gasteiger partial charge in [0, 0.05) is 117 Å². The summed E-state index contributed by atoms with van der Waals surface area (Å²) in [5, 5.41) is 45.5. The number of hydrogen-bond donors (Lipinski definition) is 18. The van der Waals surface area contributed by atoms with Crippen molar-refractivity contribution in [2.75, 3.05) is 76.2 Å². The van der Waals surface area contributed by atoms with Gasteiger partial charge in [-0.05, 0) is 137 Å². The van der Waals surface area contributed by atoms with E-state index in [0.29, 0.717) is 85.4 Å². The number of likely N-dealkylation sites (tertiary alicyclic amines) is 1. The molecule has 2 aliphatic rings. The number of primary amides is 1. The molecule has 1 unspecified atom stereocenters. The molecule has 3 aromatic carbocycles. The number of nitrogens with one attached hydrogen (secondary N) is 12. The molecule has 0 radical (unpaired) electrons. The topological polar surface area (TPSA) is 591 Å². The highest BCUT2D eigenvalue weighted by molar-refractivity contribution is 8.00. The number of aryl methyl sites for hydroxylation is 1. The van der Waals surface area contributed by atoms with Crippen molar-refractivity contribution in [3.8, 4) is 0 Å². The van der Waals surface area contributed by atoms with Gasteiger partial charge in [-0.2, -0.15) is 16.8 Å². The number of benzene rings is 3. The van der Waals surface area contributed by atoms with Crippen LogP contribution in [-0.4, -0.2) is 214 Å². The van der Waals surface area contributed by atoms with E-state index in [0.717, 1.165) is 27.9 Å². The highest BCUT2D eigenvalue weighted by Crippen LogP contribution is 2.49. The molecule has 36 nitrogen and oxygen atoms in total. The van der Waals surface area contributed by atoms with Crippen LogP contribution >= 0.6 is 11.8 Å². The molecule has 0 saturated carbocycles. The first-order valence-corrected chi connectivity index (χ1v) is 42.0. The van der Waals surface area contributed by atoms with Crippen LogP contribution in [0.1, 0.15) is 152 Å². The van der Waals surface area contributed by atoms with E-state index in [-0.39, 0.29) is 129 Å². The molecule has 2 aliphatic heterocycles. The Balaban J connectivity index is 1.26. The van der Waals surface area contributed by atoms with E-state index in [1.54, 1.807) is 55.5 Å². The van der Waals surface area contributed by atoms with Crippen LogP contribution in [0.2, 0.25) is 0 Å². The first-order chi connectivity index (χ1) is 54.6. The smallest absolute Gasteiger partial charge is 0.294 e. The number of carbonyl (C=O) groups is 10. The number of fused-ring (bicyclic) bond motifs is 1. The highest BCUT2D eigenvalue weighted by atomic mass is 32.2. The van der Waals surface area contributed by atoms with Gasteiger partial charge in [-0.3, -0.25) is 83.2 Å². The summed E-state index contributed by atoms with van der Waals surface area (Å²) >= 11 is 0.879. The quantitative estimate of drug-likeness (QED) is 0.00731. The van der Waals surface area contributed by atoms with Gasteiger partial charge in [0.05, 0.1) is 21.6 Å². The number of nitrogens with zero attached hydrogens (tertiary/aromatic N) is 3. The molecule has 0 spiro atoms. The maximum Gasteiger partial charge on any atom is 0.294 e. The summed E-state index contributed by atoms with van der Waals surface area (Å²) in [6, 6.07) is 9.90. The molecule has 1 fully saturated rings. The summed E-state index contributed by atoms with van der Waals surface area (Å²) in [5.74, 6) is -8.25. The molecule has 5 rings (SSSR count). The fourth-order valence-electron chi connectivity index (χ4n) is 13.0. The van der Waals surface area contributed by atoms with Crippen LogP contribution in [0.4, 0.5) is 5.69 Å². The van der Waals surface area contributed by atoms with Crippen LogP contribution in [0, 0.1) is 29.1 Å². The van der Waals surface area contributed by atoms with Crippen LogP contribution in [0.15, 0.2) is 112 Å². The Morgan fingerprint density at radius 3 is 1.82 bits per heavy atom. The summed E-state index contributed by atoms with van der Waals surface area (Å²) < 4.78 is 74.3. The molecular weight excluding hydrogens is 1560 g/mol. The number of nitrogens with two attached hydrogens (primary N) is 4. The number of thioether (sulfide) groups is 1. The number of ketones is 1. The number of carbonyl (C=O) groups excluding carboxylic acids is 10. The van der Waals surface area contributed by atoms with E-state index < -0.39 is 120 Å². The maximum absolute atomic E-state index is 14.6. The summed E-state index contributed by atoms with van der Waals surface area (Å²) in [4.78, 5) is 142. The van der Waals surface area contributed by atoms with E-state index in [1.807, 2.05) is 59.8 Å². The molecule has 2 heterocycles. The third-order valence-corrected chi connectivity index (χ3v) is 22.3. The standard InChI is InChI=1S/C77H113N19O17S3/c1-9-85-62(76(5,6)54-42-52(115(107,108)109)30-25-47(54)2)22-12-10-13-23-63-77(7,8)55-43-53(116(110,111)112)31-32-60(55)95(63)38-15-11-14-24-64(98)86-36-39-96-66(100)44-61(72(96)106)114-46-59(69(103)87-37-40-113-45-65(99)91-58(67(78)101)41-50-26-28-51(29-27-50)49(4)97)94-71(105)57(21-18-35-90-75(83)84)93-70(104)56(20-17-34-89-74(81)82)92-68(102)48(3)19-16-33-88-73(79)80/h10,12-13,22-23,25-32,42-43,48,56-59,61H,9,11,14-21,24,33-41,44-46H2,1-8H3,(H2,78,101)(H,86,98)(H,87,103)(H,91,99)(H,92,102)(H,93,104)(H,94,105)(H4,79,80,88)(H4,81,82,89)(H4,83,84,90)(H,107,108,109)(H,110,111,112)/b13-10+,22-12+,63-23+,85-62+/t48-,56-,57-,58+,59-,61?/m1/s1. The van der Waals surface area contributed by atoms with Gasteiger partial charge < -0.3 is 80.4 Å². The number of Topliss-reactive ketones (excluding diaryl/α,β-unsaturated/α-hetero) is 1. The van der Waals surface area contributed by atoms with Gasteiger partial charge in [-0.25, -0.2) is 0 Å². The molecule has 116 heavy (non-hydrogen) atoms. The zero-order valence-corrected chi connectivity index (χ0v) is 69.2.